The fourth-order valence-electron chi connectivity index (χ4n) is 3.82. The van der Waals surface area contributed by atoms with Crippen molar-refractivity contribution in [3.63, 3.8) is 0 Å². The van der Waals surface area contributed by atoms with Crippen molar-refractivity contribution in [2.24, 2.45) is 0 Å². The average molecular weight is 380 g/mol. The molecule has 0 bridgehead atoms. The Morgan fingerprint density at radius 2 is 1.71 bits per heavy atom. The van der Waals surface area contributed by atoms with E-state index in [-0.39, 0.29) is 24.3 Å². The molecule has 5 nitrogen and oxygen atoms in total. The van der Waals surface area contributed by atoms with E-state index in [1.54, 1.807) is 7.11 Å². The summed E-state index contributed by atoms with van der Waals surface area (Å²) in [5.41, 5.74) is 2.26. The van der Waals surface area contributed by atoms with Gasteiger partial charge in [0.2, 0.25) is 11.8 Å². The largest absolute Gasteiger partial charge is 0.497 e. The fourth-order valence-corrected chi connectivity index (χ4v) is 3.82. The molecule has 1 unspecified atom stereocenters. The molecular weight excluding hydrogens is 352 g/mol. The number of amides is 2. The molecular formula is C23H28N2O3. The number of carbonyl (C=O) groups excluding carboxylic acids is 2. The molecule has 1 aliphatic heterocycles. The second kappa shape index (κ2) is 9.40. The van der Waals surface area contributed by atoms with Crippen LogP contribution in [-0.2, 0) is 9.59 Å². The molecule has 28 heavy (non-hydrogen) atoms. The highest BCUT2D eigenvalue weighted by atomic mass is 16.5. The molecule has 5 heteroatoms. The van der Waals surface area contributed by atoms with Gasteiger partial charge in [-0.2, -0.15) is 0 Å². The highest BCUT2D eigenvalue weighted by molar-refractivity contribution is 5.79. The van der Waals surface area contributed by atoms with Crippen LogP contribution in [0.15, 0.2) is 54.6 Å². The number of rotatable bonds is 6. The first-order valence-electron chi connectivity index (χ1n) is 9.80. The second-order valence-electron chi connectivity index (χ2n) is 7.30. The maximum absolute atomic E-state index is 12.9. The van der Waals surface area contributed by atoms with Gasteiger partial charge in [0.05, 0.1) is 19.6 Å². The van der Waals surface area contributed by atoms with Crippen molar-refractivity contribution in [1.82, 2.24) is 10.2 Å². The number of piperidine rings is 1. The van der Waals surface area contributed by atoms with E-state index < -0.39 is 0 Å². The Morgan fingerprint density at radius 1 is 1.07 bits per heavy atom. The van der Waals surface area contributed by atoms with Gasteiger partial charge in [0.1, 0.15) is 5.75 Å². The molecule has 0 spiro atoms. The van der Waals surface area contributed by atoms with Crippen molar-refractivity contribution in [3.8, 4) is 5.75 Å². The van der Waals surface area contributed by atoms with Crippen LogP contribution < -0.4 is 10.1 Å². The summed E-state index contributed by atoms with van der Waals surface area (Å²) in [4.78, 5) is 26.5. The zero-order chi connectivity index (χ0) is 19.9. The lowest BCUT2D eigenvalue weighted by molar-refractivity contribution is -0.133. The van der Waals surface area contributed by atoms with Gasteiger partial charge in [-0.15, -0.1) is 0 Å². The van der Waals surface area contributed by atoms with Crippen molar-refractivity contribution in [2.45, 2.75) is 38.1 Å². The molecule has 1 aliphatic rings. The summed E-state index contributed by atoms with van der Waals surface area (Å²) in [5, 5.41) is 2.91. The summed E-state index contributed by atoms with van der Waals surface area (Å²) in [6.07, 6.45) is 2.22. The predicted molar refractivity (Wildman–Crippen MR) is 109 cm³/mol. The van der Waals surface area contributed by atoms with Crippen LogP contribution in [0.3, 0.4) is 0 Å². The second-order valence-corrected chi connectivity index (χ2v) is 7.30. The Bertz CT molecular complexity index is 781. The third-order valence-electron chi connectivity index (χ3n) is 5.39. The summed E-state index contributed by atoms with van der Waals surface area (Å²) in [6, 6.07) is 17.7. The number of likely N-dealkylation sites (tertiary alicyclic amines) is 1. The third-order valence-corrected chi connectivity index (χ3v) is 5.39. The van der Waals surface area contributed by atoms with E-state index in [0.29, 0.717) is 5.92 Å². The van der Waals surface area contributed by atoms with Crippen LogP contribution in [0.25, 0.3) is 0 Å². The summed E-state index contributed by atoms with van der Waals surface area (Å²) < 4.78 is 5.19. The van der Waals surface area contributed by atoms with Gasteiger partial charge in [0.25, 0.3) is 0 Å². The van der Waals surface area contributed by atoms with E-state index in [4.69, 9.17) is 4.74 Å². The van der Waals surface area contributed by atoms with Crippen molar-refractivity contribution < 1.29 is 14.3 Å². The van der Waals surface area contributed by atoms with Crippen molar-refractivity contribution in [1.29, 1.82) is 0 Å². The van der Waals surface area contributed by atoms with Gasteiger partial charge in [-0.3, -0.25) is 9.59 Å². The maximum Gasteiger partial charge on any atom is 0.224 e. The molecule has 2 amide bonds. The monoisotopic (exact) mass is 380 g/mol. The van der Waals surface area contributed by atoms with Gasteiger partial charge >= 0.3 is 0 Å². The molecule has 1 atom stereocenters. The highest BCUT2D eigenvalue weighted by Crippen LogP contribution is 2.29. The van der Waals surface area contributed by atoms with Crippen LogP contribution >= 0.6 is 0 Å². The number of hydrogen-bond donors (Lipinski definition) is 1. The molecule has 1 heterocycles. The number of methoxy groups -OCH3 is 1. The van der Waals surface area contributed by atoms with E-state index in [2.05, 4.69) is 29.6 Å². The Labute approximate surface area is 166 Å². The van der Waals surface area contributed by atoms with Crippen molar-refractivity contribution >= 4 is 11.8 Å². The fraction of sp³-hybridized carbons (Fsp3) is 0.391. The summed E-state index contributed by atoms with van der Waals surface area (Å²) in [7, 11) is 1.61. The normalized spacial score (nSPS) is 15.7. The minimum absolute atomic E-state index is 0.0843. The van der Waals surface area contributed by atoms with E-state index in [1.165, 1.54) is 12.5 Å². The first kappa shape index (κ1) is 19.9. The quantitative estimate of drug-likeness (QED) is 0.832. The summed E-state index contributed by atoms with van der Waals surface area (Å²) in [5.74, 6) is 1.20. The van der Waals surface area contributed by atoms with Crippen LogP contribution in [0.2, 0.25) is 0 Å². The molecule has 1 saturated heterocycles. The Balaban J connectivity index is 1.61. The maximum atomic E-state index is 12.9. The molecule has 0 saturated carbocycles. The molecule has 0 aliphatic carbocycles. The summed E-state index contributed by atoms with van der Waals surface area (Å²) >= 11 is 0. The Kier molecular flexibility index (Phi) is 6.69. The molecule has 0 aromatic heterocycles. The SMILES string of the molecule is COc1ccc(C(CC(=O)N2CCC(c3ccccc3)CC2)NC(C)=O)cc1. The lowest BCUT2D eigenvalue weighted by atomic mass is 9.89. The first-order chi connectivity index (χ1) is 13.6. The van der Waals surface area contributed by atoms with Gasteiger partial charge in [-0.1, -0.05) is 42.5 Å². The summed E-state index contributed by atoms with van der Waals surface area (Å²) in [6.45, 7) is 2.99. The van der Waals surface area contributed by atoms with Crippen molar-refractivity contribution in [2.75, 3.05) is 20.2 Å². The van der Waals surface area contributed by atoms with Crippen LogP contribution in [0.5, 0.6) is 5.75 Å². The minimum atomic E-state index is -0.331. The molecule has 0 radical (unpaired) electrons. The minimum Gasteiger partial charge on any atom is -0.497 e. The Hall–Kier alpha value is -2.82. The van der Waals surface area contributed by atoms with E-state index in [1.807, 2.05) is 35.2 Å². The van der Waals surface area contributed by atoms with Crippen LogP contribution in [-0.4, -0.2) is 36.9 Å². The number of benzene rings is 2. The van der Waals surface area contributed by atoms with Gasteiger partial charge in [0.15, 0.2) is 0 Å². The van der Waals surface area contributed by atoms with Gasteiger partial charge in [0, 0.05) is 20.0 Å². The smallest absolute Gasteiger partial charge is 0.224 e. The first-order valence-corrected chi connectivity index (χ1v) is 9.80. The van der Waals surface area contributed by atoms with Gasteiger partial charge in [-0.25, -0.2) is 0 Å². The van der Waals surface area contributed by atoms with E-state index >= 15 is 0 Å². The number of hydrogen-bond acceptors (Lipinski definition) is 3. The van der Waals surface area contributed by atoms with Crippen LogP contribution in [0.1, 0.15) is 49.3 Å². The topological polar surface area (TPSA) is 58.6 Å². The van der Waals surface area contributed by atoms with Crippen LogP contribution in [0, 0.1) is 0 Å². The van der Waals surface area contributed by atoms with Gasteiger partial charge < -0.3 is 15.0 Å². The Morgan fingerprint density at radius 3 is 2.29 bits per heavy atom. The number of carbonyl (C=O) groups is 2. The predicted octanol–water partition coefficient (Wildman–Crippen LogP) is 3.67. The van der Waals surface area contributed by atoms with Crippen LogP contribution in [0.4, 0.5) is 0 Å². The van der Waals surface area contributed by atoms with E-state index in [9.17, 15) is 9.59 Å². The third kappa shape index (κ3) is 5.12. The lowest BCUT2D eigenvalue weighted by Crippen LogP contribution is -2.40. The molecule has 148 valence electrons. The van der Waals surface area contributed by atoms with Gasteiger partial charge in [-0.05, 0) is 42.0 Å². The lowest BCUT2D eigenvalue weighted by Gasteiger charge is -2.33. The molecule has 1 N–H and O–H groups in total. The molecule has 2 aromatic rings. The molecule has 1 fully saturated rings. The zero-order valence-electron chi connectivity index (χ0n) is 16.6. The number of nitrogens with one attached hydrogen (secondary N) is 1. The van der Waals surface area contributed by atoms with E-state index in [0.717, 1.165) is 37.2 Å². The van der Waals surface area contributed by atoms with Crippen molar-refractivity contribution in [3.05, 3.63) is 65.7 Å². The number of ether oxygens (including phenoxy) is 1. The standard InChI is InChI=1S/C23H28N2O3/c1-17(26)24-22(20-8-10-21(28-2)11-9-20)16-23(27)25-14-12-19(13-15-25)18-6-4-3-5-7-18/h3-11,19,22H,12-16H2,1-2H3,(H,24,26). The average Bonchev–Trinajstić information content (AvgIpc) is 2.74. The molecule has 2 aromatic carbocycles. The zero-order valence-corrected chi connectivity index (χ0v) is 16.6. The molecule has 3 rings (SSSR count). The number of nitrogens with zero attached hydrogens (tertiary/aromatic N) is 1. The highest BCUT2D eigenvalue weighted by Gasteiger charge is 2.26.